The van der Waals surface area contributed by atoms with Crippen molar-refractivity contribution in [3.05, 3.63) is 59.1 Å². The summed E-state index contributed by atoms with van der Waals surface area (Å²) in [6.45, 7) is 1.29. The largest absolute Gasteiger partial charge is 0.482 e. The summed E-state index contributed by atoms with van der Waals surface area (Å²) in [4.78, 5) is 23.6. The number of piperidine rings is 1. The first-order chi connectivity index (χ1) is 15.5. The van der Waals surface area contributed by atoms with E-state index in [4.69, 9.17) is 21.4 Å². The highest BCUT2D eigenvalue weighted by atomic mass is 35.5. The Bertz CT molecular complexity index is 988. The topological polar surface area (TPSA) is 94.5 Å². The van der Waals surface area contributed by atoms with Crippen molar-refractivity contribution in [2.45, 2.75) is 31.7 Å². The van der Waals surface area contributed by atoms with Crippen molar-refractivity contribution >= 4 is 34.9 Å². The average molecular weight is 457 g/mol. The number of halogens is 1. The van der Waals surface area contributed by atoms with E-state index in [9.17, 15) is 9.59 Å². The summed E-state index contributed by atoms with van der Waals surface area (Å²) in [6, 6.07) is 14.3. The van der Waals surface area contributed by atoms with Crippen LogP contribution in [-0.4, -0.2) is 47.4 Å². The number of carboxylic acid groups (broad SMARTS) is 1. The monoisotopic (exact) mass is 456 g/mol. The molecule has 168 valence electrons. The lowest BCUT2D eigenvalue weighted by atomic mass is 10.0. The van der Waals surface area contributed by atoms with Gasteiger partial charge in [0.1, 0.15) is 11.5 Å². The van der Waals surface area contributed by atoms with Crippen LogP contribution < -0.4 is 15.2 Å². The molecule has 8 nitrogen and oxygen atoms in total. The number of amides is 1. The predicted molar refractivity (Wildman–Crippen MR) is 122 cm³/mol. The fraction of sp³-hybridized carbons (Fsp3) is 0.348. The van der Waals surface area contributed by atoms with Crippen molar-refractivity contribution in [1.82, 2.24) is 10.4 Å². The molecular weight excluding hydrogens is 432 g/mol. The molecule has 2 aliphatic rings. The lowest BCUT2D eigenvalue weighted by Gasteiger charge is -2.26. The number of ether oxygens (including phenoxy) is 1. The quantitative estimate of drug-likeness (QED) is 0.660. The Hall–Kier alpha value is -3.10. The molecule has 2 aromatic carbocycles. The van der Waals surface area contributed by atoms with E-state index >= 15 is 0 Å². The molecule has 0 bridgehead atoms. The Labute approximate surface area is 191 Å². The lowest BCUT2D eigenvalue weighted by Crippen LogP contribution is -2.47. The predicted octanol–water partition coefficient (Wildman–Crippen LogP) is 3.63. The average Bonchev–Trinajstić information content (AvgIpc) is 3.25. The number of hydrazone groups is 1. The van der Waals surface area contributed by atoms with E-state index in [-0.39, 0.29) is 11.9 Å². The molecule has 0 radical (unpaired) electrons. The smallest absolute Gasteiger partial charge is 0.341 e. The van der Waals surface area contributed by atoms with Gasteiger partial charge >= 0.3 is 5.97 Å². The summed E-state index contributed by atoms with van der Waals surface area (Å²) in [6.07, 6.45) is 3.79. The van der Waals surface area contributed by atoms with Crippen LogP contribution in [0.3, 0.4) is 0 Å². The number of hydrogen-bond acceptors (Lipinski definition) is 6. The summed E-state index contributed by atoms with van der Waals surface area (Å²) in [5.74, 6) is -0.773. The molecule has 1 atom stereocenters. The third-order valence-corrected chi connectivity index (χ3v) is 5.76. The van der Waals surface area contributed by atoms with Gasteiger partial charge in [-0.1, -0.05) is 30.2 Å². The number of rotatable bonds is 7. The van der Waals surface area contributed by atoms with Crippen molar-refractivity contribution in [2.24, 2.45) is 5.10 Å². The van der Waals surface area contributed by atoms with Crippen LogP contribution in [0, 0.1) is 0 Å². The lowest BCUT2D eigenvalue weighted by molar-refractivity contribution is -0.139. The Kier molecular flexibility index (Phi) is 6.92. The molecule has 2 aliphatic heterocycles. The number of hydrogen-bond donors (Lipinski definition) is 2. The highest BCUT2D eigenvalue weighted by Gasteiger charge is 2.33. The van der Waals surface area contributed by atoms with E-state index in [1.54, 1.807) is 24.3 Å². The number of carbonyl (C=O) groups excluding carboxylic acids is 1. The number of nitrogens with one attached hydrogen (secondary N) is 1. The zero-order valence-corrected chi connectivity index (χ0v) is 18.3. The SMILES string of the molecule is O=C(O)COc1ccc(N2N=C(C(=O)NN3CCCCC3)CC2c2ccc(Cl)cc2)cc1. The van der Waals surface area contributed by atoms with E-state index in [1.165, 1.54) is 6.42 Å². The van der Waals surface area contributed by atoms with E-state index in [0.717, 1.165) is 37.2 Å². The third-order valence-electron chi connectivity index (χ3n) is 5.51. The molecule has 9 heteroatoms. The summed E-state index contributed by atoms with van der Waals surface area (Å²) >= 11 is 6.06. The summed E-state index contributed by atoms with van der Waals surface area (Å²) in [5.41, 5.74) is 5.21. The summed E-state index contributed by atoms with van der Waals surface area (Å²) < 4.78 is 5.22. The first kappa shape index (κ1) is 22.1. The Morgan fingerprint density at radius 3 is 2.41 bits per heavy atom. The van der Waals surface area contributed by atoms with Gasteiger partial charge in [0.2, 0.25) is 0 Å². The van der Waals surface area contributed by atoms with Crippen LogP contribution in [0.4, 0.5) is 5.69 Å². The molecule has 1 fully saturated rings. The fourth-order valence-corrected chi connectivity index (χ4v) is 4.01. The van der Waals surface area contributed by atoms with Crippen LogP contribution in [0.1, 0.15) is 37.3 Å². The molecule has 32 heavy (non-hydrogen) atoms. The van der Waals surface area contributed by atoms with Crippen LogP contribution in [0.2, 0.25) is 5.02 Å². The maximum Gasteiger partial charge on any atom is 0.341 e. The number of carbonyl (C=O) groups is 2. The summed E-state index contributed by atoms with van der Waals surface area (Å²) in [5, 5.41) is 17.8. The van der Waals surface area contributed by atoms with Crippen LogP contribution >= 0.6 is 11.6 Å². The maximum atomic E-state index is 12.9. The Morgan fingerprint density at radius 2 is 1.75 bits per heavy atom. The van der Waals surface area contributed by atoms with Crippen LogP contribution in [-0.2, 0) is 9.59 Å². The molecule has 2 heterocycles. The zero-order valence-electron chi connectivity index (χ0n) is 17.5. The Balaban J connectivity index is 1.55. The third kappa shape index (κ3) is 5.38. The molecule has 0 aromatic heterocycles. The molecule has 0 saturated carbocycles. The molecule has 1 unspecified atom stereocenters. The second-order valence-corrected chi connectivity index (χ2v) is 8.26. The first-order valence-electron chi connectivity index (χ1n) is 10.6. The van der Waals surface area contributed by atoms with E-state index in [1.807, 2.05) is 34.3 Å². The number of carboxylic acids is 1. The van der Waals surface area contributed by atoms with Gasteiger partial charge in [0, 0.05) is 24.5 Å². The van der Waals surface area contributed by atoms with Gasteiger partial charge < -0.3 is 9.84 Å². The van der Waals surface area contributed by atoms with Gasteiger partial charge in [0.15, 0.2) is 6.61 Å². The van der Waals surface area contributed by atoms with Gasteiger partial charge in [0.05, 0.1) is 11.7 Å². The molecule has 0 aliphatic carbocycles. The van der Waals surface area contributed by atoms with Gasteiger partial charge in [-0.05, 0) is 54.8 Å². The summed E-state index contributed by atoms with van der Waals surface area (Å²) in [7, 11) is 0. The van der Waals surface area contributed by atoms with Gasteiger partial charge in [-0.25, -0.2) is 9.80 Å². The van der Waals surface area contributed by atoms with Crippen molar-refractivity contribution < 1.29 is 19.4 Å². The number of aliphatic carboxylic acids is 1. The maximum absolute atomic E-state index is 12.9. The van der Waals surface area contributed by atoms with Crippen molar-refractivity contribution in [2.75, 3.05) is 24.7 Å². The van der Waals surface area contributed by atoms with E-state index in [0.29, 0.717) is 22.9 Å². The van der Waals surface area contributed by atoms with Crippen LogP contribution in [0.15, 0.2) is 53.6 Å². The molecule has 2 N–H and O–H groups in total. The van der Waals surface area contributed by atoms with Crippen LogP contribution in [0.25, 0.3) is 0 Å². The molecule has 2 aromatic rings. The van der Waals surface area contributed by atoms with E-state index < -0.39 is 12.6 Å². The minimum Gasteiger partial charge on any atom is -0.482 e. The molecule has 1 saturated heterocycles. The van der Waals surface area contributed by atoms with Crippen molar-refractivity contribution in [3.8, 4) is 5.75 Å². The minimum absolute atomic E-state index is 0.167. The standard InChI is InChI=1S/C23H25ClN4O4/c24-17-6-4-16(5-7-17)21-14-20(23(31)26-27-12-2-1-3-13-27)25-28(21)18-8-10-19(11-9-18)32-15-22(29)30/h4-11,21H,1-3,12-15H2,(H,26,31)(H,29,30). The molecular formula is C23H25ClN4O4. The zero-order chi connectivity index (χ0) is 22.5. The van der Waals surface area contributed by atoms with Crippen molar-refractivity contribution in [1.29, 1.82) is 0 Å². The molecule has 1 amide bonds. The number of benzene rings is 2. The highest BCUT2D eigenvalue weighted by Crippen LogP contribution is 2.36. The second-order valence-electron chi connectivity index (χ2n) is 7.83. The number of hydrazine groups is 1. The van der Waals surface area contributed by atoms with Crippen molar-refractivity contribution in [3.63, 3.8) is 0 Å². The van der Waals surface area contributed by atoms with Gasteiger partial charge in [-0.3, -0.25) is 15.2 Å². The fourth-order valence-electron chi connectivity index (χ4n) is 3.88. The number of nitrogens with zero attached hydrogens (tertiary/aromatic N) is 3. The Morgan fingerprint density at radius 1 is 1.06 bits per heavy atom. The molecule has 4 rings (SSSR count). The normalized spacial score (nSPS) is 18.8. The highest BCUT2D eigenvalue weighted by molar-refractivity contribution is 6.39. The van der Waals surface area contributed by atoms with Gasteiger partial charge in [-0.2, -0.15) is 5.10 Å². The first-order valence-corrected chi connectivity index (χ1v) is 11.0. The number of anilines is 1. The second kappa shape index (κ2) is 10.0. The van der Waals surface area contributed by atoms with E-state index in [2.05, 4.69) is 10.5 Å². The molecule has 0 spiro atoms. The van der Waals surface area contributed by atoms with Gasteiger partial charge in [-0.15, -0.1) is 0 Å². The minimum atomic E-state index is -1.04. The van der Waals surface area contributed by atoms with Crippen LogP contribution in [0.5, 0.6) is 5.75 Å². The van der Waals surface area contributed by atoms with Gasteiger partial charge in [0.25, 0.3) is 5.91 Å².